The average Bonchev–Trinajstić information content (AvgIpc) is 2.86. The lowest BCUT2D eigenvalue weighted by Gasteiger charge is -2.55. The molecule has 18 heteroatoms. The summed E-state index contributed by atoms with van der Waals surface area (Å²) in [5, 5.41) is 0. The second-order valence-electron chi connectivity index (χ2n) is 11.2. The highest BCUT2D eigenvalue weighted by Crippen LogP contribution is 2.82. The maximum absolute atomic E-state index is 13.8. The third-order valence-corrected chi connectivity index (χ3v) is 14.3. The zero-order chi connectivity index (χ0) is 33.7. The van der Waals surface area contributed by atoms with Gasteiger partial charge >= 0.3 is 31.3 Å². The first-order valence-electron chi connectivity index (χ1n) is 13.4. The SMILES string of the molecule is CC(C)c1cccc(C(C)C)c1N1P(OS(=O)(=O)C(F)(F)F)N(c2c(C(C)C)cccc2C(C)C)P1OS(=O)(=O)C(F)(F)F. The summed E-state index contributed by atoms with van der Waals surface area (Å²) in [6, 6.07) is 9.59. The molecule has 0 amide bonds. The number of para-hydroxylation sites is 2. The van der Waals surface area contributed by atoms with Crippen LogP contribution in [0, 0.1) is 0 Å². The molecule has 0 aromatic heterocycles. The highest BCUT2D eigenvalue weighted by Gasteiger charge is 2.63. The van der Waals surface area contributed by atoms with Crippen molar-refractivity contribution in [2.45, 2.75) is 90.1 Å². The van der Waals surface area contributed by atoms with Gasteiger partial charge in [-0.05, 0) is 45.9 Å². The van der Waals surface area contributed by atoms with Crippen molar-refractivity contribution in [3.63, 3.8) is 0 Å². The number of nitrogens with zero attached hydrogens (tertiary/aromatic N) is 2. The summed E-state index contributed by atoms with van der Waals surface area (Å²) in [7, 11) is -19.1. The first-order valence-corrected chi connectivity index (χ1v) is 18.6. The summed E-state index contributed by atoms with van der Waals surface area (Å²) < 4.78 is 144. The van der Waals surface area contributed by atoms with Crippen LogP contribution in [0.4, 0.5) is 37.7 Å². The Bertz CT molecular complexity index is 1400. The number of halogens is 6. The molecule has 1 aliphatic rings. The standard InChI is InChI=1S/C26H34F6N2O6P2S2/c1-15(2)19-11-9-12-20(16(3)4)23(19)33-41(39-43(35,36)25(27,28)29)34(42(33)40-44(37,38)26(30,31)32)24-21(17(5)6)13-10-14-22(24)18(7)8/h9-18H,1-8H3. The summed E-state index contributed by atoms with van der Waals surface area (Å²) >= 11 is 0. The third kappa shape index (κ3) is 7.00. The monoisotopic (exact) mass is 710 g/mol. The summed E-state index contributed by atoms with van der Waals surface area (Å²) in [6.45, 7) is 13.8. The molecule has 1 fully saturated rings. The molecule has 2 aromatic carbocycles. The van der Waals surface area contributed by atoms with Crippen molar-refractivity contribution in [3.05, 3.63) is 58.7 Å². The van der Waals surface area contributed by atoms with Gasteiger partial charge < -0.3 is 0 Å². The van der Waals surface area contributed by atoms with Crippen LogP contribution in [-0.2, 0) is 28.2 Å². The molecule has 1 heterocycles. The van der Waals surface area contributed by atoms with E-state index in [2.05, 4.69) is 0 Å². The zero-order valence-corrected chi connectivity index (χ0v) is 28.5. The molecule has 248 valence electrons. The van der Waals surface area contributed by atoms with Crippen molar-refractivity contribution in [2.24, 2.45) is 0 Å². The molecule has 2 aromatic rings. The molecule has 0 saturated carbocycles. The Morgan fingerprint density at radius 3 is 0.955 bits per heavy atom. The molecular formula is C26H34F6N2O6P2S2. The van der Waals surface area contributed by atoms with Crippen LogP contribution in [0.25, 0.3) is 0 Å². The normalized spacial score (nSPS) is 18.6. The molecule has 0 atom stereocenters. The highest BCUT2D eigenvalue weighted by molar-refractivity contribution is 8.02. The molecule has 1 aliphatic heterocycles. The topological polar surface area (TPSA) is 93.2 Å². The predicted molar refractivity (Wildman–Crippen MR) is 160 cm³/mol. The highest BCUT2D eigenvalue weighted by atomic mass is 32.2. The summed E-state index contributed by atoms with van der Waals surface area (Å²) in [5.74, 6) is -1.50. The van der Waals surface area contributed by atoms with Crippen LogP contribution in [0.2, 0.25) is 0 Å². The van der Waals surface area contributed by atoms with E-state index in [0.29, 0.717) is 22.3 Å². The molecular weight excluding hydrogens is 676 g/mol. The lowest BCUT2D eigenvalue weighted by atomic mass is 9.93. The molecule has 0 N–H and O–H groups in total. The minimum Gasteiger partial charge on any atom is -0.246 e. The predicted octanol–water partition coefficient (Wildman–Crippen LogP) is 9.69. The van der Waals surface area contributed by atoms with Crippen LogP contribution in [-0.4, -0.2) is 27.9 Å². The van der Waals surface area contributed by atoms with E-state index < -0.39 is 48.2 Å². The maximum atomic E-state index is 13.8. The molecule has 0 aliphatic carbocycles. The second-order valence-corrected chi connectivity index (χ2v) is 18.4. The van der Waals surface area contributed by atoms with Crippen LogP contribution in [0.15, 0.2) is 36.4 Å². The van der Waals surface area contributed by atoms with Crippen molar-refractivity contribution in [3.8, 4) is 0 Å². The van der Waals surface area contributed by atoms with Gasteiger partial charge in [0, 0.05) is 0 Å². The van der Waals surface area contributed by atoms with Gasteiger partial charge in [-0.3, -0.25) is 0 Å². The number of hydrogen-bond acceptors (Lipinski definition) is 8. The molecule has 0 unspecified atom stereocenters. The van der Waals surface area contributed by atoms with E-state index in [1.807, 2.05) is 0 Å². The van der Waals surface area contributed by atoms with Crippen molar-refractivity contribution in [2.75, 3.05) is 8.88 Å². The molecule has 44 heavy (non-hydrogen) atoms. The lowest BCUT2D eigenvalue weighted by Crippen LogP contribution is -2.44. The van der Waals surface area contributed by atoms with Crippen LogP contribution in [0.3, 0.4) is 0 Å². The van der Waals surface area contributed by atoms with E-state index in [4.69, 9.17) is 7.94 Å². The van der Waals surface area contributed by atoms with Gasteiger partial charge in [-0.15, -0.1) is 0 Å². The minimum atomic E-state index is -6.34. The summed E-state index contributed by atoms with van der Waals surface area (Å²) in [6.07, 6.45) is 0. The van der Waals surface area contributed by atoms with Gasteiger partial charge in [-0.1, -0.05) is 91.8 Å². The van der Waals surface area contributed by atoms with E-state index in [-0.39, 0.29) is 35.0 Å². The number of hydrogen-bond donors (Lipinski definition) is 0. The van der Waals surface area contributed by atoms with Gasteiger partial charge in [0.25, 0.3) is 16.9 Å². The fourth-order valence-electron chi connectivity index (χ4n) is 4.47. The Morgan fingerprint density at radius 2 is 0.773 bits per heavy atom. The van der Waals surface area contributed by atoms with Gasteiger partial charge in [0.05, 0.1) is 11.4 Å². The number of benzene rings is 2. The maximum Gasteiger partial charge on any atom is 0.523 e. The number of rotatable bonds is 10. The number of alkyl halides is 6. The quantitative estimate of drug-likeness (QED) is 0.137. The first-order chi connectivity index (χ1) is 19.9. The Kier molecular flexibility index (Phi) is 10.7. The average molecular weight is 711 g/mol. The smallest absolute Gasteiger partial charge is 0.246 e. The van der Waals surface area contributed by atoms with Crippen LogP contribution >= 0.6 is 16.9 Å². The Morgan fingerprint density at radius 1 is 0.545 bits per heavy atom. The van der Waals surface area contributed by atoms with Gasteiger partial charge in [-0.25, -0.2) is 8.88 Å². The third-order valence-electron chi connectivity index (χ3n) is 6.63. The van der Waals surface area contributed by atoms with Gasteiger partial charge in [0.1, 0.15) is 0 Å². The van der Waals surface area contributed by atoms with E-state index in [1.54, 1.807) is 91.8 Å². The number of anilines is 2. The van der Waals surface area contributed by atoms with Gasteiger partial charge in [-0.2, -0.15) is 51.1 Å². The largest absolute Gasteiger partial charge is 0.523 e. The van der Waals surface area contributed by atoms with Gasteiger partial charge in [0.2, 0.25) is 0 Å². The van der Waals surface area contributed by atoms with Crippen molar-refractivity contribution < 1.29 is 51.1 Å². The Labute approximate surface area is 256 Å². The van der Waals surface area contributed by atoms with Crippen molar-refractivity contribution in [1.82, 2.24) is 0 Å². The van der Waals surface area contributed by atoms with E-state index in [1.165, 1.54) is 0 Å². The second kappa shape index (κ2) is 12.8. The summed E-state index contributed by atoms with van der Waals surface area (Å²) in [4.78, 5) is 0. The minimum absolute atomic E-state index is 0.0499. The van der Waals surface area contributed by atoms with Crippen molar-refractivity contribution in [1.29, 1.82) is 0 Å². The molecule has 3 rings (SSSR count). The molecule has 0 radical (unpaired) electrons. The van der Waals surface area contributed by atoms with Crippen LogP contribution in [0.1, 0.15) is 101 Å². The zero-order valence-electron chi connectivity index (χ0n) is 25.1. The molecule has 1 saturated heterocycles. The van der Waals surface area contributed by atoms with Gasteiger partial charge in [0.15, 0.2) is 0 Å². The lowest BCUT2D eigenvalue weighted by molar-refractivity contribution is -0.0499. The van der Waals surface area contributed by atoms with E-state index in [0.717, 1.165) is 8.88 Å². The Balaban J connectivity index is 2.51. The van der Waals surface area contributed by atoms with Crippen molar-refractivity contribution >= 4 is 48.5 Å². The first kappa shape index (κ1) is 36.8. The van der Waals surface area contributed by atoms with Crippen LogP contribution in [0.5, 0.6) is 0 Å². The molecule has 0 spiro atoms. The fourth-order valence-corrected chi connectivity index (χ4v) is 12.1. The fraction of sp³-hybridized carbons (Fsp3) is 0.538. The van der Waals surface area contributed by atoms with Crippen LogP contribution < -0.4 is 8.88 Å². The van der Waals surface area contributed by atoms with E-state index in [9.17, 15) is 43.2 Å². The van der Waals surface area contributed by atoms with E-state index >= 15 is 0 Å². The molecule has 0 bridgehead atoms. The summed E-state index contributed by atoms with van der Waals surface area (Å²) in [5.41, 5.74) is -10.0. The Hall–Kier alpha value is -1.70. The molecule has 8 nitrogen and oxygen atoms in total.